The number of phenols is 1. The van der Waals surface area contributed by atoms with Crippen LogP contribution in [0.4, 0.5) is 11.6 Å². The van der Waals surface area contributed by atoms with Gasteiger partial charge in [-0.3, -0.25) is 0 Å². The van der Waals surface area contributed by atoms with Gasteiger partial charge in [0.25, 0.3) is 5.95 Å². The van der Waals surface area contributed by atoms with E-state index in [0.717, 1.165) is 18.8 Å². The Morgan fingerprint density at radius 1 is 1.40 bits per heavy atom. The van der Waals surface area contributed by atoms with Crippen molar-refractivity contribution >= 4 is 17.9 Å². The predicted molar refractivity (Wildman–Crippen MR) is 77.1 cm³/mol. The number of hydrazone groups is 1. The van der Waals surface area contributed by atoms with Crippen LogP contribution in [-0.2, 0) is 0 Å². The van der Waals surface area contributed by atoms with E-state index in [9.17, 15) is 5.11 Å². The second kappa shape index (κ2) is 6.50. The minimum atomic E-state index is 0.174. The lowest BCUT2D eigenvalue weighted by Gasteiger charge is -2.21. The number of hydrogen-bond donors (Lipinski definition) is 3. The SMILES string of the molecule is CCN(CC)c1ccc(/C=N\Nc2nn[nH]n2)c(O)c1. The number of hydrogen-bond acceptors (Lipinski definition) is 7. The number of H-pyrrole nitrogens is 1. The lowest BCUT2D eigenvalue weighted by Crippen LogP contribution is -2.21. The quantitative estimate of drug-likeness (QED) is 0.540. The van der Waals surface area contributed by atoms with Gasteiger partial charge in [0.2, 0.25) is 0 Å². The van der Waals surface area contributed by atoms with Crippen molar-refractivity contribution in [1.29, 1.82) is 0 Å². The van der Waals surface area contributed by atoms with Gasteiger partial charge in [-0.05, 0) is 31.2 Å². The molecule has 1 aromatic heterocycles. The molecule has 3 N–H and O–H groups in total. The van der Waals surface area contributed by atoms with E-state index in [-0.39, 0.29) is 11.7 Å². The largest absolute Gasteiger partial charge is 0.507 e. The van der Waals surface area contributed by atoms with Gasteiger partial charge < -0.3 is 10.0 Å². The van der Waals surface area contributed by atoms with E-state index in [2.05, 4.69) is 49.9 Å². The Kier molecular flexibility index (Phi) is 4.48. The standard InChI is InChI=1S/C12H17N7O/c1-3-19(4-2)10-6-5-9(11(20)7-10)8-13-14-12-15-17-18-16-12/h5-8,20H,3-4H2,1-2H3,(H2,14,15,16,17,18)/b13-8-. The third kappa shape index (κ3) is 3.22. The fourth-order valence-electron chi connectivity index (χ4n) is 1.80. The van der Waals surface area contributed by atoms with Gasteiger partial charge in [-0.2, -0.15) is 10.3 Å². The third-order valence-electron chi connectivity index (χ3n) is 2.86. The van der Waals surface area contributed by atoms with Gasteiger partial charge in [0.1, 0.15) is 5.75 Å². The highest BCUT2D eigenvalue weighted by Gasteiger charge is 2.05. The minimum absolute atomic E-state index is 0.174. The molecule has 20 heavy (non-hydrogen) atoms. The molecule has 8 heteroatoms. The molecule has 2 rings (SSSR count). The second-order valence-electron chi connectivity index (χ2n) is 4.02. The normalized spacial score (nSPS) is 10.9. The molecule has 0 saturated carbocycles. The van der Waals surface area contributed by atoms with Crippen molar-refractivity contribution in [1.82, 2.24) is 20.6 Å². The molecule has 0 amide bonds. The van der Waals surface area contributed by atoms with E-state index in [1.54, 1.807) is 6.07 Å². The topological polar surface area (TPSA) is 102 Å². The molecule has 0 aliphatic heterocycles. The van der Waals surface area contributed by atoms with Crippen LogP contribution in [0.3, 0.4) is 0 Å². The first-order chi connectivity index (χ1) is 9.74. The lowest BCUT2D eigenvalue weighted by molar-refractivity contribution is 0.474. The molecule has 1 heterocycles. The summed E-state index contributed by atoms with van der Waals surface area (Å²) >= 11 is 0. The Balaban J connectivity index is 2.07. The zero-order valence-corrected chi connectivity index (χ0v) is 11.4. The molecule has 0 bridgehead atoms. The van der Waals surface area contributed by atoms with Crippen LogP contribution in [0.2, 0.25) is 0 Å². The van der Waals surface area contributed by atoms with Crippen molar-refractivity contribution < 1.29 is 5.11 Å². The molecule has 0 spiro atoms. The van der Waals surface area contributed by atoms with Crippen molar-refractivity contribution in [2.24, 2.45) is 5.10 Å². The van der Waals surface area contributed by atoms with Crippen molar-refractivity contribution in [2.45, 2.75) is 13.8 Å². The molecule has 8 nitrogen and oxygen atoms in total. The molecule has 0 unspecified atom stereocenters. The molecular formula is C12H17N7O. The van der Waals surface area contributed by atoms with Crippen molar-refractivity contribution in [2.75, 3.05) is 23.4 Å². The maximum Gasteiger partial charge on any atom is 0.283 e. The van der Waals surface area contributed by atoms with Crippen molar-refractivity contribution in [3.8, 4) is 5.75 Å². The summed E-state index contributed by atoms with van der Waals surface area (Å²) in [6.45, 7) is 5.93. The first-order valence-corrected chi connectivity index (χ1v) is 6.35. The molecule has 1 aromatic carbocycles. The highest BCUT2D eigenvalue weighted by Crippen LogP contribution is 2.23. The van der Waals surface area contributed by atoms with E-state index in [4.69, 9.17) is 0 Å². The number of aromatic amines is 1. The van der Waals surface area contributed by atoms with Crippen LogP contribution in [0.1, 0.15) is 19.4 Å². The zero-order chi connectivity index (χ0) is 14.4. The molecule has 0 radical (unpaired) electrons. The first kappa shape index (κ1) is 13.8. The lowest BCUT2D eigenvalue weighted by atomic mass is 10.2. The number of rotatable bonds is 6. The predicted octanol–water partition coefficient (Wildman–Crippen LogP) is 1.20. The van der Waals surface area contributed by atoms with Crippen LogP contribution in [0.15, 0.2) is 23.3 Å². The fraction of sp³-hybridized carbons (Fsp3) is 0.333. The number of nitrogens with zero attached hydrogens (tertiary/aromatic N) is 5. The summed E-state index contributed by atoms with van der Waals surface area (Å²) in [7, 11) is 0. The average Bonchev–Trinajstić information content (AvgIpc) is 2.96. The van der Waals surface area contributed by atoms with Gasteiger partial charge in [-0.25, -0.2) is 5.43 Å². The second-order valence-corrected chi connectivity index (χ2v) is 4.02. The number of anilines is 2. The van der Waals surface area contributed by atoms with Gasteiger partial charge in [-0.1, -0.05) is 5.10 Å². The third-order valence-corrected chi connectivity index (χ3v) is 2.86. The average molecular weight is 275 g/mol. The van der Waals surface area contributed by atoms with Crippen molar-refractivity contribution in [3.63, 3.8) is 0 Å². The zero-order valence-electron chi connectivity index (χ0n) is 11.4. The Morgan fingerprint density at radius 3 is 2.80 bits per heavy atom. The number of aromatic nitrogens is 4. The van der Waals surface area contributed by atoms with Crippen LogP contribution in [0.25, 0.3) is 0 Å². The van der Waals surface area contributed by atoms with Gasteiger partial charge in [-0.15, -0.1) is 5.10 Å². The molecule has 0 fully saturated rings. The van der Waals surface area contributed by atoms with Crippen LogP contribution >= 0.6 is 0 Å². The first-order valence-electron chi connectivity index (χ1n) is 6.35. The van der Waals surface area contributed by atoms with Crippen LogP contribution in [-0.4, -0.2) is 45.0 Å². The summed E-state index contributed by atoms with van der Waals surface area (Å²) in [4.78, 5) is 2.15. The summed E-state index contributed by atoms with van der Waals surface area (Å²) in [6, 6.07) is 5.48. The molecular weight excluding hydrogens is 258 g/mol. The smallest absolute Gasteiger partial charge is 0.283 e. The Labute approximate surface area is 116 Å². The monoisotopic (exact) mass is 275 g/mol. The number of phenolic OH excluding ortho intramolecular Hbond substituents is 1. The maximum atomic E-state index is 9.99. The van der Waals surface area contributed by atoms with Gasteiger partial charge in [0.05, 0.1) is 6.21 Å². The van der Waals surface area contributed by atoms with Crippen LogP contribution in [0, 0.1) is 0 Å². The Morgan fingerprint density at radius 2 is 2.20 bits per heavy atom. The highest BCUT2D eigenvalue weighted by atomic mass is 16.3. The number of tetrazole rings is 1. The van der Waals surface area contributed by atoms with Gasteiger partial charge >= 0.3 is 0 Å². The summed E-state index contributed by atoms with van der Waals surface area (Å²) in [6.07, 6.45) is 1.50. The van der Waals surface area contributed by atoms with E-state index < -0.39 is 0 Å². The highest BCUT2D eigenvalue weighted by molar-refractivity contribution is 5.84. The summed E-state index contributed by atoms with van der Waals surface area (Å²) in [5, 5.41) is 27.0. The number of benzene rings is 1. The number of nitrogens with one attached hydrogen (secondary N) is 2. The summed E-state index contributed by atoms with van der Waals surface area (Å²) < 4.78 is 0. The van der Waals surface area contributed by atoms with E-state index >= 15 is 0 Å². The van der Waals surface area contributed by atoms with Crippen LogP contribution in [0.5, 0.6) is 5.75 Å². The molecule has 0 aliphatic carbocycles. The van der Waals surface area contributed by atoms with Gasteiger partial charge in [0.15, 0.2) is 0 Å². The Bertz CT molecular complexity index is 563. The van der Waals surface area contributed by atoms with E-state index in [1.807, 2.05) is 12.1 Å². The fourth-order valence-corrected chi connectivity index (χ4v) is 1.80. The minimum Gasteiger partial charge on any atom is -0.507 e. The van der Waals surface area contributed by atoms with Gasteiger partial charge in [0, 0.05) is 30.4 Å². The molecule has 0 aliphatic rings. The molecule has 2 aromatic rings. The van der Waals surface area contributed by atoms with E-state index in [0.29, 0.717) is 5.56 Å². The molecule has 0 atom stereocenters. The number of aromatic hydroxyl groups is 1. The Hall–Kier alpha value is -2.64. The molecule has 106 valence electrons. The molecule has 0 saturated heterocycles. The maximum absolute atomic E-state index is 9.99. The summed E-state index contributed by atoms with van der Waals surface area (Å²) in [5.74, 6) is 0.438. The summed E-state index contributed by atoms with van der Waals surface area (Å²) in [5.41, 5.74) is 4.18. The van der Waals surface area contributed by atoms with Crippen LogP contribution < -0.4 is 10.3 Å². The van der Waals surface area contributed by atoms with Crippen molar-refractivity contribution in [3.05, 3.63) is 23.8 Å². The van der Waals surface area contributed by atoms with E-state index in [1.165, 1.54) is 6.21 Å².